The van der Waals surface area contributed by atoms with Gasteiger partial charge in [0.15, 0.2) is 0 Å². The zero-order chi connectivity index (χ0) is 13.0. The summed E-state index contributed by atoms with van der Waals surface area (Å²) in [6.07, 6.45) is 3.32. The number of hydrogen-bond acceptors (Lipinski definition) is 5. The van der Waals surface area contributed by atoms with E-state index >= 15 is 0 Å². The van der Waals surface area contributed by atoms with Crippen LogP contribution in [0.15, 0.2) is 24.0 Å². The third kappa shape index (κ3) is 3.58. The molecule has 4 nitrogen and oxygen atoms in total. The van der Waals surface area contributed by atoms with E-state index in [1.54, 1.807) is 23.9 Å². The number of nitrogens with zero attached hydrogens (tertiary/aromatic N) is 3. The van der Waals surface area contributed by atoms with Gasteiger partial charge in [-0.1, -0.05) is 20.8 Å². The highest BCUT2D eigenvalue weighted by Crippen LogP contribution is 2.25. The van der Waals surface area contributed by atoms with Gasteiger partial charge in [0, 0.05) is 30.1 Å². The minimum absolute atomic E-state index is 0.134. The molecule has 0 saturated heterocycles. The van der Waals surface area contributed by atoms with Gasteiger partial charge in [0.05, 0.1) is 16.4 Å². The quantitative estimate of drug-likeness (QED) is 0.920. The molecule has 96 valence electrons. The van der Waals surface area contributed by atoms with Gasteiger partial charge >= 0.3 is 0 Å². The molecule has 0 aliphatic heterocycles. The van der Waals surface area contributed by atoms with Crippen molar-refractivity contribution in [3.8, 4) is 0 Å². The second kappa shape index (κ2) is 5.54. The van der Waals surface area contributed by atoms with Gasteiger partial charge in [-0.2, -0.15) is 0 Å². The Morgan fingerprint density at radius 2 is 2.00 bits per heavy atom. The van der Waals surface area contributed by atoms with Crippen LogP contribution in [0.2, 0.25) is 0 Å². The summed E-state index contributed by atoms with van der Waals surface area (Å²) in [6.45, 7) is 8.07. The molecule has 0 aliphatic carbocycles. The highest BCUT2D eigenvalue weighted by molar-refractivity contribution is 7.09. The highest BCUT2D eigenvalue weighted by atomic mass is 32.1. The van der Waals surface area contributed by atoms with Crippen LogP contribution in [0, 0.1) is 0 Å². The van der Waals surface area contributed by atoms with E-state index in [-0.39, 0.29) is 5.41 Å². The Balaban J connectivity index is 1.86. The molecule has 0 fully saturated rings. The van der Waals surface area contributed by atoms with Crippen molar-refractivity contribution in [3.05, 3.63) is 40.4 Å². The molecule has 0 aliphatic rings. The predicted octanol–water partition coefficient (Wildman–Crippen LogP) is 2.52. The molecule has 0 bridgehead atoms. The first-order valence-corrected chi connectivity index (χ1v) is 6.84. The summed E-state index contributed by atoms with van der Waals surface area (Å²) in [5.74, 6) is 0. The van der Waals surface area contributed by atoms with Crippen molar-refractivity contribution < 1.29 is 0 Å². The molecule has 2 heterocycles. The van der Waals surface area contributed by atoms with Crippen LogP contribution >= 0.6 is 11.3 Å². The molecule has 0 amide bonds. The summed E-state index contributed by atoms with van der Waals surface area (Å²) in [7, 11) is 0. The fraction of sp³-hybridized carbons (Fsp3) is 0.462. The molecule has 0 spiro atoms. The van der Waals surface area contributed by atoms with E-state index in [1.807, 2.05) is 6.07 Å². The Labute approximate surface area is 112 Å². The van der Waals surface area contributed by atoms with Gasteiger partial charge in [0.1, 0.15) is 6.33 Å². The normalized spacial score (nSPS) is 11.7. The Bertz CT molecular complexity index is 487. The van der Waals surface area contributed by atoms with Crippen LogP contribution < -0.4 is 5.32 Å². The first-order valence-electron chi connectivity index (χ1n) is 5.96. The number of rotatable bonds is 4. The number of aromatic nitrogens is 3. The van der Waals surface area contributed by atoms with Crippen molar-refractivity contribution in [2.75, 3.05) is 0 Å². The summed E-state index contributed by atoms with van der Waals surface area (Å²) in [4.78, 5) is 12.7. The standard InChI is InChI=1S/C13H18N4S/c1-13(2,3)12-17-11(8-18-12)7-15-6-10-4-5-14-9-16-10/h4-5,8-9,15H,6-7H2,1-3H3. The average molecular weight is 262 g/mol. The topological polar surface area (TPSA) is 50.7 Å². The van der Waals surface area contributed by atoms with Gasteiger partial charge in [-0.3, -0.25) is 0 Å². The van der Waals surface area contributed by atoms with Crippen molar-refractivity contribution in [1.82, 2.24) is 20.3 Å². The van der Waals surface area contributed by atoms with Crippen molar-refractivity contribution in [3.63, 3.8) is 0 Å². The molecular formula is C13H18N4S. The van der Waals surface area contributed by atoms with Crippen LogP contribution in [-0.2, 0) is 18.5 Å². The second-order valence-corrected chi connectivity index (χ2v) is 6.06. The number of hydrogen-bond donors (Lipinski definition) is 1. The Kier molecular flexibility index (Phi) is 4.04. The Morgan fingerprint density at radius 1 is 1.22 bits per heavy atom. The van der Waals surface area contributed by atoms with Crippen molar-refractivity contribution in [1.29, 1.82) is 0 Å². The largest absolute Gasteiger partial charge is 0.305 e. The highest BCUT2D eigenvalue weighted by Gasteiger charge is 2.17. The molecule has 2 aromatic heterocycles. The molecule has 2 rings (SSSR count). The zero-order valence-electron chi connectivity index (χ0n) is 11.0. The van der Waals surface area contributed by atoms with E-state index in [9.17, 15) is 0 Å². The summed E-state index contributed by atoms with van der Waals surface area (Å²) < 4.78 is 0. The smallest absolute Gasteiger partial charge is 0.115 e. The van der Waals surface area contributed by atoms with Gasteiger partial charge in [-0.15, -0.1) is 11.3 Å². The van der Waals surface area contributed by atoms with Gasteiger partial charge in [0.2, 0.25) is 0 Å². The summed E-state index contributed by atoms with van der Waals surface area (Å²) >= 11 is 1.73. The van der Waals surface area contributed by atoms with Crippen LogP contribution in [0.1, 0.15) is 37.2 Å². The van der Waals surface area contributed by atoms with Gasteiger partial charge < -0.3 is 5.32 Å². The van der Waals surface area contributed by atoms with E-state index < -0.39 is 0 Å². The lowest BCUT2D eigenvalue weighted by Crippen LogP contribution is -2.15. The second-order valence-electron chi connectivity index (χ2n) is 5.20. The van der Waals surface area contributed by atoms with Crippen LogP contribution in [0.3, 0.4) is 0 Å². The fourth-order valence-corrected chi connectivity index (χ4v) is 2.38. The van der Waals surface area contributed by atoms with E-state index in [4.69, 9.17) is 0 Å². The zero-order valence-corrected chi connectivity index (χ0v) is 11.8. The molecular weight excluding hydrogens is 244 g/mol. The van der Waals surface area contributed by atoms with Crippen LogP contribution in [-0.4, -0.2) is 15.0 Å². The predicted molar refractivity (Wildman–Crippen MR) is 73.4 cm³/mol. The first-order chi connectivity index (χ1) is 8.55. The lowest BCUT2D eigenvalue weighted by molar-refractivity contribution is 0.579. The number of nitrogens with one attached hydrogen (secondary N) is 1. The maximum Gasteiger partial charge on any atom is 0.115 e. The fourth-order valence-electron chi connectivity index (χ4n) is 1.47. The minimum Gasteiger partial charge on any atom is -0.305 e. The average Bonchev–Trinajstić information content (AvgIpc) is 2.79. The Hall–Kier alpha value is -1.33. The summed E-state index contributed by atoms with van der Waals surface area (Å²) in [5.41, 5.74) is 2.23. The SMILES string of the molecule is CC(C)(C)c1nc(CNCc2ccncn2)cs1. The van der Waals surface area contributed by atoms with Gasteiger partial charge in [-0.25, -0.2) is 15.0 Å². The molecule has 0 radical (unpaired) electrons. The van der Waals surface area contributed by atoms with Crippen LogP contribution in [0.4, 0.5) is 0 Å². The minimum atomic E-state index is 0.134. The van der Waals surface area contributed by atoms with E-state index in [0.717, 1.165) is 24.5 Å². The molecule has 0 saturated carbocycles. The summed E-state index contributed by atoms with van der Waals surface area (Å²) in [5, 5.41) is 6.64. The van der Waals surface area contributed by atoms with E-state index in [2.05, 4.69) is 46.4 Å². The van der Waals surface area contributed by atoms with Crippen molar-refractivity contribution in [2.45, 2.75) is 39.3 Å². The van der Waals surface area contributed by atoms with Crippen molar-refractivity contribution >= 4 is 11.3 Å². The molecule has 1 N–H and O–H groups in total. The molecule has 18 heavy (non-hydrogen) atoms. The maximum atomic E-state index is 4.64. The van der Waals surface area contributed by atoms with E-state index in [1.165, 1.54) is 5.01 Å². The third-order valence-electron chi connectivity index (χ3n) is 2.45. The van der Waals surface area contributed by atoms with Crippen molar-refractivity contribution in [2.24, 2.45) is 0 Å². The molecule has 0 aromatic carbocycles. The lowest BCUT2D eigenvalue weighted by Gasteiger charge is -2.13. The molecule has 0 unspecified atom stereocenters. The monoisotopic (exact) mass is 262 g/mol. The number of thiazole rings is 1. The summed E-state index contributed by atoms with van der Waals surface area (Å²) in [6, 6.07) is 1.91. The van der Waals surface area contributed by atoms with Crippen LogP contribution in [0.5, 0.6) is 0 Å². The van der Waals surface area contributed by atoms with E-state index in [0.29, 0.717) is 0 Å². The first kappa shape index (κ1) is 13.1. The molecule has 5 heteroatoms. The van der Waals surface area contributed by atoms with Crippen LogP contribution in [0.25, 0.3) is 0 Å². The van der Waals surface area contributed by atoms with Gasteiger partial charge in [-0.05, 0) is 6.07 Å². The maximum absolute atomic E-state index is 4.64. The Morgan fingerprint density at radius 3 is 2.61 bits per heavy atom. The molecule has 2 aromatic rings. The molecule has 0 atom stereocenters. The van der Waals surface area contributed by atoms with Gasteiger partial charge in [0.25, 0.3) is 0 Å². The lowest BCUT2D eigenvalue weighted by atomic mass is 9.98. The third-order valence-corrected chi connectivity index (χ3v) is 3.77.